The first kappa shape index (κ1) is 16.2. The number of likely N-dealkylation sites (tertiary alicyclic amines) is 2. The molecule has 1 unspecified atom stereocenters. The molecule has 1 atom stereocenters. The van der Waals surface area contributed by atoms with Crippen LogP contribution >= 0.6 is 0 Å². The minimum absolute atomic E-state index is 0.114. The molecule has 0 bridgehead atoms. The highest BCUT2D eigenvalue weighted by Crippen LogP contribution is 2.20. The van der Waals surface area contributed by atoms with Gasteiger partial charge in [0, 0.05) is 26.2 Å². The molecule has 6 nitrogen and oxygen atoms in total. The number of carbonyl (C=O) groups is 2. The number of carboxylic acid groups (broad SMARTS) is 1. The second kappa shape index (κ2) is 7.75. The van der Waals surface area contributed by atoms with E-state index in [4.69, 9.17) is 10.2 Å². The van der Waals surface area contributed by atoms with Crippen LogP contribution in [0.1, 0.15) is 32.1 Å². The van der Waals surface area contributed by atoms with Gasteiger partial charge in [-0.25, -0.2) is 0 Å². The van der Waals surface area contributed by atoms with Gasteiger partial charge in [-0.1, -0.05) is 0 Å². The number of hydrogen-bond acceptors (Lipinski definition) is 4. The zero-order valence-corrected chi connectivity index (χ0v) is 12.5. The van der Waals surface area contributed by atoms with Crippen LogP contribution in [0.2, 0.25) is 0 Å². The second-order valence-electron chi connectivity index (χ2n) is 6.25. The van der Waals surface area contributed by atoms with E-state index in [1.165, 1.54) is 0 Å². The molecule has 0 aromatic heterocycles. The van der Waals surface area contributed by atoms with Gasteiger partial charge in [-0.3, -0.25) is 14.5 Å². The van der Waals surface area contributed by atoms with Crippen LogP contribution in [0.5, 0.6) is 0 Å². The number of amides is 1. The Kier molecular flexibility index (Phi) is 5.99. The Morgan fingerprint density at radius 3 is 2.43 bits per heavy atom. The number of piperidine rings is 2. The molecule has 0 radical (unpaired) electrons. The smallest absolute Gasteiger partial charge is 0.306 e. The molecule has 120 valence electrons. The molecule has 2 rings (SSSR count). The van der Waals surface area contributed by atoms with E-state index in [1.807, 2.05) is 0 Å². The summed E-state index contributed by atoms with van der Waals surface area (Å²) in [5, 5.41) is 18.0. The molecule has 2 aliphatic heterocycles. The Morgan fingerprint density at radius 2 is 1.81 bits per heavy atom. The van der Waals surface area contributed by atoms with E-state index in [0.29, 0.717) is 38.4 Å². The van der Waals surface area contributed by atoms with Crippen molar-refractivity contribution < 1.29 is 19.8 Å². The van der Waals surface area contributed by atoms with Crippen molar-refractivity contribution in [2.24, 2.45) is 11.8 Å². The number of aliphatic hydroxyl groups is 1. The molecular weight excluding hydrogens is 272 g/mol. The molecule has 2 aliphatic rings. The van der Waals surface area contributed by atoms with Crippen LogP contribution in [-0.2, 0) is 9.59 Å². The van der Waals surface area contributed by atoms with Crippen molar-refractivity contribution in [2.45, 2.75) is 32.1 Å². The van der Waals surface area contributed by atoms with Gasteiger partial charge in [-0.15, -0.1) is 0 Å². The summed E-state index contributed by atoms with van der Waals surface area (Å²) >= 11 is 0. The minimum Gasteiger partial charge on any atom is -0.481 e. The van der Waals surface area contributed by atoms with Crippen molar-refractivity contribution >= 4 is 11.9 Å². The normalized spacial score (nSPS) is 25.0. The summed E-state index contributed by atoms with van der Waals surface area (Å²) < 4.78 is 0. The predicted octanol–water partition coefficient (Wildman–Crippen LogP) is 0.404. The SMILES string of the molecule is O=C(O)C1CCN(C(=O)CN2CCCC(CCO)C2)CC1. The summed E-state index contributed by atoms with van der Waals surface area (Å²) in [4.78, 5) is 27.2. The van der Waals surface area contributed by atoms with Gasteiger partial charge in [0.15, 0.2) is 0 Å². The molecule has 0 aromatic carbocycles. The van der Waals surface area contributed by atoms with Crippen molar-refractivity contribution in [3.8, 4) is 0 Å². The molecule has 0 aliphatic carbocycles. The van der Waals surface area contributed by atoms with Crippen LogP contribution in [-0.4, -0.2) is 71.2 Å². The van der Waals surface area contributed by atoms with Crippen LogP contribution in [0.25, 0.3) is 0 Å². The topological polar surface area (TPSA) is 81.1 Å². The van der Waals surface area contributed by atoms with Crippen molar-refractivity contribution in [3.05, 3.63) is 0 Å². The minimum atomic E-state index is -0.745. The molecule has 2 N–H and O–H groups in total. The van der Waals surface area contributed by atoms with Crippen LogP contribution < -0.4 is 0 Å². The van der Waals surface area contributed by atoms with Crippen molar-refractivity contribution in [2.75, 3.05) is 39.3 Å². The number of carboxylic acids is 1. The fourth-order valence-electron chi connectivity index (χ4n) is 3.38. The average molecular weight is 298 g/mol. The predicted molar refractivity (Wildman–Crippen MR) is 77.8 cm³/mol. The molecule has 2 heterocycles. The number of carbonyl (C=O) groups excluding carboxylic acids is 1. The lowest BCUT2D eigenvalue weighted by atomic mass is 9.95. The number of rotatable bonds is 5. The molecular formula is C15H26N2O4. The maximum atomic E-state index is 12.3. The highest BCUT2D eigenvalue weighted by atomic mass is 16.4. The van der Waals surface area contributed by atoms with Gasteiger partial charge in [0.05, 0.1) is 12.5 Å². The van der Waals surface area contributed by atoms with Crippen molar-refractivity contribution in [3.63, 3.8) is 0 Å². The summed E-state index contributed by atoms with van der Waals surface area (Å²) in [6, 6.07) is 0. The average Bonchev–Trinajstić information content (AvgIpc) is 2.48. The zero-order valence-electron chi connectivity index (χ0n) is 12.5. The number of aliphatic hydroxyl groups excluding tert-OH is 1. The van der Waals surface area contributed by atoms with Gasteiger partial charge in [0.25, 0.3) is 0 Å². The van der Waals surface area contributed by atoms with Crippen LogP contribution in [0.15, 0.2) is 0 Å². The Hall–Kier alpha value is -1.14. The molecule has 6 heteroatoms. The van der Waals surface area contributed by atoms with E-state index in [9.17, 15) is 9.59 Å². The lowest BCUT2D eigenvalue weighted by Gasteiger charge is -2.35. The first-order valence-electron chi connectivity index (χ1n) is 7.94. The number of nitrogens with zero attached hydrogens (tertiary/aromatic N) is 2. The van der Waals surface area contributed by atoms with E-state index in [2.05, 4.69) is 4.90 Å². The highest BCUT2D eigenvalue weighted by Gasteiger charge is 2.28. The van der Waals surface area contributed by atoms with Gasteiger partial charge in [-0.05, 0) is 44.6 Å². The third-order valence-electron chi connectivity index (χ3n) is 4.70. The fraction of sp³-hybridized carbons (Fsp3) is 0.867. The molecule has 0 saturated carbocycles. The maximum Gasteiger partial charge on any atom is 0.306 e. The van der Waals surface area contributed by atoms with E-state index >= 15 is 0 Å². The monoisotopic (exact) mass is 298 g/mol. The van der Waals surface area contributed by atoms with E-state index < -0.39 is 5.97 Å². The van der Waals surface area contributed by atoms with E-state index in [-0.39, 0.29) is 18.4 Å². The second-order valence-corrected chi connectivity index (χ2v) is 6.25. The molecule has 2 fully saturated rings. The Labute approximate surface area is 125 Å². The highest BCUT2D eigenvalue weighted by molar-refractivity contribution is 5.79. The molecule has 21 heavy (non-hydrogen) atoms. The summed E-state index contributed by atoms with van der Waals surface area (Å²) in [6.45, 7) is 3.60. The molecule has 0 aromatic rings. The Balaban J connectivity index is 1.75. The molecule has 1 amide bonds. The van der Waals surface area contributed by atoms with Crippen LogP contribution in [0, 0.1) is 11.8 Å². The summed E-state index contributed by atoms with van der Waals surface area (Å²) in [5.41, 5.74) is 0. The van der Waals surface area contributed by atoms with Gasteiger partial charge in [0.1, 0.15) is 0 Å². The quantitative estimate of drug-likeness (QED) is 0.768. The van der Waals surface area contributed by atoms with Crippen LogP contribution in [0.4, 0.5) is 0 Å². The lowest BCUT2D eigenvalue weighted by Crippen LogP contribution is -2.47. The number of hydrogen-bond donors (Lipinski definition) is 2. The van der Waals surface area contributed by atoms with Crippen molar-refractivity contribution in [1.82, 2.24) is 9.80 Å². The fourth-order valence-corrected chi connectivity index (χ4v) is 3.38. The standard InChI is InChI=1S/C15H26N2O4/c18-9-5-12-2-1-6-16(10-12)11-14(19)17-7-3-13(4-8-17)15(20)21/h12-13,18H,1-11H2,(H,20,21). The first-order valence-corrected chi connectivity index (χ1v) is 7.94. The van der Waals surface area contributed by atoms with Gasteiger partial charge >= 0.3 is 5.97 Å². The summed E-state index contributed by atoms with van der Waals surface area (Å²) in [7, 11) is 0. The third kappa shape index (κ3) is 4.68. The molecule has 2 saturated heterocycles. The summed E-state index contributed by atoms with van der Waals surface area (Å²) in [5.74, 6) is -0.430. The lowest BCUT2D eigenvalue weighted by molar-refractivity contribution is -0.146. The molecule has 0 spiro atoms. The van der Waals surface area contributed by atoms with E-state index in [0.717, 1.165) is 32.4 Å². The van der Waals surface area contributed by atoms with E-state index in [1.54, 1.807) is 4.90 Å². The Morgan fingerprint density at radius 1 is 1.10 bits per heavy atom. The first-order chi connectivity index (χ1) is 10.1. The number of aliphatic carboxylic acids is 1. The summed E-state index contributed by atoms with van der Waals surface area (Å²) in [6.07, 6.45) is 4.16. The van der Waals surface area contributed by atoms with Gasteiger partial charge in [-0.2, -0.15) is 0 Å². The largest absolute Gasteiger partial charge is 0.481 e. The zero-order chi connectivity index (χ0) is 15.2. The van der Waals surface area contributed by atoms with Gasteiger partial charge < -0.3 is 15.1 Å². The van der Waals surface area contributed by atoms with Crippen molar-refractivity contribution in [1.29, 1.82) is 0 Å². The maximum absolute atomic E-state index is 12.3. The van der Waals surface area contributed by atoms with Crippen LogP contribution in [0.3, 0.4) is 0 Å². The third-order valence-corrected chi connectivity index (χ3v) is 4.70. The van der Waals surface area contributed by atoms with Gasteiger partial charge in [0.2, 0.25) is 5.91 Å². The Bertz CT molecular complexity index is 365.